The normalized spacial score (nSPS) is 16.5. The van der Waals surface area contributed by atoms with Crippen molar-refractivity contribution in [2.45, 2.75) is 19.2 Å². The van der Waals surface area contributed by atoms with E-state index in [0.29, 0.717) is 36.4 Å². The molecule has 0 amide bonds. The van der Waals surface area contributed by atoms with Crippen LogP contribution in [0.2, 0.25) is 6.32 Å². The maximum atomic E-state index is 5.64. The summed E-state index contributed by atoms with van der Waals surface area (Å²) in [5, 5.41) is 0. The van der Waals surface area contributed by atoms with Crippen LogP contribution in [0.5, 0.6) is 17.4 Å². The molecule has 7 heteroatoms. The fraction of sp³-hybridized carbons (Fsp3) is 0.412. The first-order valence-electron chi connectivity index (χ1n) is 7.92. The van der Waals surface area contributed by atoms with Crippen LogP contribution in [0.1, 0.15) is 18.5 Å². The van der Waals surface area contributed by atoms with Gasteiger partial charge in [-0.1, -0.05) is 0 Å². The van der Waals surface area contributed by atoms with Gasteiger partial charge in [-0.05, 0) is 31.4 Å². The minimum absolute atomic E-state index is 0.227. The van der Waals surface area contributed by atoms with Crippen LogP contribution in [0.15, 0.2) is 24.3 Å². The molecule has 3 rings (SSSR count). The molecule has 0 bridgehead atoms. The van der Waals surface area contributed by atoms with Gasteiger partial charge in [-0.3, -0.25) is 0 Å². The molecular formula is C17H20BN2O4. The van der Waals surface area contributed by atoms with Gasteiger partial charge in [-0.15, -0.1) is 0 Å². The van der Waals surface area contributed by atoms with Gasteiger partial charge in [0, 0.05) is 24.2 Å². The van der Waals surface area contributed by atoms with Crippen LogP contribution in [-0.2, 0) is 4.65 Å². The van der Waals surface area contributed by atoms with E-state index in [1.165, 1.54) is 0 Å². The zero-order valence-corrected chi connectivity index (χ0v) is 14.1. The number of benzene rings is 1. The molecular weight excluding hydrogens is 307 g/mol. The first kappa shape index (κ1) is 16.6. The lowest BCUT2D eigenvalue weighted by atomic mass is 9.88. The average Bonchev–Trinajstić information content (AvgIpc) is 3.16. The highest BCUT2D eigenvalue weighted by Gasteiger charge is 2.22. The zero-order valence-electron chi connectivity index (χ0n) is 14.1. The van der Waals surface area contributed by atoms with Crippen LogP contribution in [0.3, 0.4) is 0 Å². The molecule has 1 aromatic carbocycles. The second kappa shape index (κ2) is 7.53. The summed E-state index contributed by atoms with van der Waals surface area (Å²) in [6.45, 7) is 3.12. The van der Waals surface area contributed by atoms with Crippen LogP contribution in [-0.4, -0.2) is 44.9 Å². The highest BCUT2D eigenvalue weighted by molar-refractivity contribution is 6.28. The Labute approximate surface area is 142 Å². The third-order valence-corrected chi connectivity index (χ3v) is 3.87. The van der Waals surface area contributed by atoms with Crippen molar-refractivity contribution >= 4 is 7.48 Å². The molecule has 2 heterocycles. The van der Waals surface area contributed by atoms with Gasteiger partial charge in [0.2, 0.25) is 5.88 Å². The molecule has 1 aromatic heterocycles. The second-order valence-electron chi connectivity index (χ2n) is 5.39. The van der Waals surface area contributed by atoms with Gasteiger partial charge < -0.3 is 18.9 Å². The summed E-state index contributed by atoms with van der Waals surface area (Å²) >= 11 is 0. The average molecular weight is 327 g/mol. The molecule has 0 saturated carbocycles. The van der Waals surface area contributed by atoms with Gasteiger partial charge in [-0.2, -0.15) is 4.98 Å². The summed E-state index contributed by atoms with van der Waals surface area (Å²) in [4.78, 5) is 9.17. The molecule has 0 N–H and O–H groups in total. The number of nitrogens with zero attached hydrogens (tertiary/aromatic N) is 2. The van der Waals surface area contributed by atoms with Crippen LogP contribution in [0.25, 0.3) is 11.4 Å². The Morgan fingerprint density at radius 3 is 2.71 bits per heavy atom. The van der Waals surface area contributed by atoms with Crippen LogP contribution in [0.4, 0.5) is 0 Å². The second-order valence-corrected chi connectivity index (χ2v) is 5.39. The molecule has 1 atom stereocenters. The SMILES string of the molecule is CCOc1cc(-c2nc(OC)cc(C3C[B]OC3)n2)ccc1OC. The zero-order chi connectivity index (χ0) is 16.9. The van der Waals surface area contributed by atoms with Gasteiger partial charge in [0.1, 0.15) is 0 Å². The Morgan fingerprint density at radius 1 is 1.17 bits per heavy atom. The van der Waals surface area contributed by atoms with E-state index in [1.807, 2.05) is 38.7 Å². The molecule has 6 nitrogen and oxygen atoms in total. The Kier molecular flexibility index (Phi) is 5.20. The summed E-state index contributed by atoms with van der Waals surface area (Å²) in [7, 11) is 5.04. The minimum Gasteiger partial charge on any atom is -0.493 e. The molecule has 0 aliphatic carbocycles. The van der Waals surface area contributed by atoms with Gasteiger partial charge >= 0.3 is 0 Å². The van der Waals surface area contributed by atoms with Crippen molar-refractivity contribution in [1.82, 2.24) is 9.97 Å². The minimum atomic E-state index is 0.227. The van der Waals surface area contributed by atoms with Crippen molar-refractivity contribution < 1.29 is 18.9 Å². The lowest BCUT2D eigenvalue weighted by molar-refractivity contribution is 0.311. The quantitative estimate of drug-likeness (QED) is 0.760. The maximum absolute atomic E-state index is 5.64. The molecule has 0 spiro atoms. The molecule has 1 unspecified atom stereocenters. The Morgan fingerprint density at radius 2 is 2.04 bits per heavy atom. The van der Waals surface area contributed by atoms with E-state index >= 15 is 0 Å². The Balaban J connectivity index is 2.01. The smallest absolute Gasteiger partial charge is 0.293 e. The number of ether oxygens (including phenoxy) is 3. The predicted octanol–water partition coefficient (Wildman–Crippen LogP) is 2.71. The van der Waals surface area contributed by atoms with E-state index in [4.69, 9.17) is 23.8 Å². The van der Waals surface area contributed by atoms with E-state index in [1.54, 1.807) is 14.2 Å². The van der Waals surface area contributed by atoms with Gasteiger partial charge in [0.15, 0.2) is 17.3 Å². The molecule has 24 heavy (non-hydrogen) atoms. The number of hydrogen-bond acceptors (Lipinski definition) is 6. The van der Waals surface area contributed by atoms with Gasteiger partial charge in [0.25, 0.3) is 7.48 Å². The first-order chi connectivity index (χ1) is 11.7. The van der Waals surface area contributed by atoms with Crippen LogP contribution >= 0.6 is 0 Å². The van der Waals surface area contributed by atoms with Crippen molar-refractivity contribution in [3.8, 4) is 28.8 Å². The molecule has 2 aromatic rings. The summed E-state index contributed by atoms with van der Waals surface area (Å²) < 4.78 is 21.7. The van der Waals surface area contributed by atoms with E-state index in [-0.39, 0.29) is 5.92 Å². The monoisotopic (exact) mass is 327 g/mol. The molecule has 1 aliphatic heterocycles. The van der Waals surface area contributed by atoms with Crippen molar-refractivity contribution in [3.05, 3.63) is 30.0 Å². The predicted molar refractivity (Wildman–Crippen MR) is 91.0 cm³/mol. The summed E-state index contributed by atoms with van der Waals surface area (Å²) in [5.74, 6) is 2.71. The Bertz CT molecular complexity index is 705. The van der Waals surface area contributed by atoms with E-state index < -0.39 is 0 Å². The molecule has 1 fully saturated rings. The fourth-order valence-corrected chi connectivity index (χ4v) is 2.61. The topological polar surface area (TPSA) is 62.7 Å². The summed E-state index contributed by atoms with van der Waals surface area (Å²) in [6.07, 6.45) is 0.840. The molecule has 1 aliphatic rings. The van der Waals surface area contributed by atoms with Crippen LogP contribution in [0, 0.1) is 0 Å². The number of methoxy groups -OCH3 is 2. The number of aromatic nitrogens is 2. The highest BCUT2D eigenvalue weighted by Crippen LogP contribution is 2.33. The number of hydrogen-bond donors (Lipinski definition) is 0. The molecule has 1 radical (unpaired) electrons. The summed E-state index contributed by atoms with van der Waals surface area (Å²) in [6, 6.07) is 7.52. The van der Waals surface area contributed by atoms with Gasteiger partial charge in [0.05, 0.1) is 26.5 Å². The third-order valence-electron chi connectivity index (χ3n) is 3.87. The molecule has 125 valence electrons. The number of rotatable bonds is 6. The largest absolute Gasteiger partial charge is 0.493 e. The molecule has 1 saturated heterocycles. The summed E-state index contributed by atoms with van der Waals surface area (Å²) in [5.41, 5.74) is 1.77. The maximum Gasteiger partial charge on any atom is 0.293 e. The highest BCUT2D eigenvalue weighted by atomic mass is 16.5. The lowest BCUT2D eigenvalue weighted by Crippen LogP contribution is -2.05. The van der Waals surface area contributed by atoms with Crippen molar-refractivity contribution in [2.75, 3.05) is 27.4 Å². The van der Waals surface area contributed by atoms with Crippen molar-refractivity contribution in [2.24, 2.45) is 0 Å². The third kappa shape index (κ3) is 3.46. The van der Waals surface area contributed by atoms with Gasteiger partial charge in [-0.25, -0.2) is 4.98 Å². The van der Waals surface area contributed by atoms with E-state index in [9.17, 15) is 0 Å². The standard InChI is InChI=1S/C17H20BN2O4/c1-4-23-15-7-11(5-6-14(15)21-2)17-19-13(8-16(20-17)22-3)12-9-18-24-10-12/h5-8,12H,4,9-10H2,1-3H3. The van der Waals surface area contributed by atoms with E-state index in [0.717, 1.165) is 17.6 Å². The van der Waals surface area contributed by atoms with E-state index in [2.05, 4.69) is 4.98 Å². The first-order valence-corrected chi connectivity index (χ1v) is 7.92. The fourth-order valence-electron chi connectivity index (χ4n) is 2.61. The van der Waals surface area contributed by atoms with Crippen LogP contribution < -0.4 is 14.2 Å². The van der Waals surface area contributed by atoms with Crippen molar-refractivity contribution in [1.29, 1.82) is 0 Å². The Hall–Kier alpha value is -2.28. The van der Waals surface area contributed by atoms with Crippen molar-refractivity contribution in [3.63, 3.8) is 0 Å². The lowest BCUT2D eigenvalue weighted by Gasteiger charge is -2.13.